The van der Waals surface area contributed by atoms with Crippen molar-refractivity contribution < 1.29 is 19.1 Å². The predicted molar refractivity (Wildman–Crippen MR) is 89.6 cm³/mol. The number of allylic oxidation sites excluding steroid dienone is 2. The zero-order valence-electron chi connectivity index (χ0n) is 13.9. The second-order valence-corrected chi connectivity index (χ2v) is 7.44. The Morgan fingerprint density at radius 1 is 1.12 bits per heavy atom. The number of amides is 2. The van der Waals surface area contributed by atoms with E-state index in [0.717, 1.165) is 6.42 Å². The van der Waals surface area contributed by atoms with E-state index in [1.807, 2.05) is 0 Å². The third kappa shape index (κ3) is 1.92. The Bertz CT molecular complexity index is 793. The number of benzene rings is 1. The molecule has 0 radical (unpaired) electrons. The first kappa shape index (κ1) is 14.9. The van der Waals surface area contributed by atoms with Gasteiger partial charge < -0.3 is 4.74 Å². The van der Waals surface area contributed by atoms with Crippen LogP contribution in [0.5, 0.6) is 0 Å². The molecule has 1 aromatic rings. The van der Waals surface area contributed by atoms with Crippen LogP contribution in [0.2, 0.25) is 0 Å². The summed E-state index contributed by atoms with van der Waals surface area (Å²) in [5.41, 5.74) is 0.835. The fraction of sp³-hybridized carbons (Fsp3) is 0.450. The van der Waals surface area contributed by atoms with Crippen LogP contribution in [0, 0.1) is 35.5 Å². The fourth-order valence-electron chi connectivity index (χ4n) is 5.20. The van der Waals surface area contributed by atoms with Gasteiger partial charge in [-0.1, -0.05) is 18.2 Å². The number of nitrogens with zero attached hydrogens (tertiary/aromatic N) is 1. The monoisotopic (exact) mass is 337 g/mol. The van der Waals surface area contributed by atoms with E-state index in [9.17, 15) is 14.4 Å². The molecule has 3 fully saturated rings. The molecule has 6 atom stereocenters. The highest BCUT2D eigenvalue weighted by molar-refractivity contribution is 6.22. The summed E-state index contributed by atoms with van der Waals surface area (Å²) in [6, 6.07) is 6.63. The fourth-order valence-corrected chi connectivity index (χ4v) is 5.20. The molecule has 0 unspecified atom stereocenters. The number of rotatable bonds is 3. The number of anilines is 1. The molecule has 5 heteroatoms. The van der Waals surface area contributed by atoms with Crippen LogP contribution < -0.4 is 4.90 Å². The van der Waals surface area contributed by atoms with Crippen molar-refractivity contribution in [3.05, 3.63) is 42.0 Å². The number of hydrogen-bond acceptors (Lipinski definition) is 4. The maximum absolute atomic E-state index is 13.1. The van der Waals surface area contributed by atoms with E-state index in [-0.39, 0.29) is 42.1 Å². The molecule has 25 heavy (non-hydrogen) atoms. The van der Waals surface area contributed by atoms with E-state index >= 15 is 0 Å². The van der Waals surface area contributed by atoms with E-state index < -0.39 is 5.97 Å². The molecule has 0 N–H and O–H groups in total. The molecule has 6 rings (SSSR count). The van der Waals surface area contributed by atoms with Gasteiger partial charge in [0.2, 0.25) is 11.8 Å². The molecule has 2 bridgehead atoms. The molecule has 1 saturated heterocycles. The lowest BCUT2D eigenvalue weighted by Gasteiger charge is -2.37. The van der Waals surface area contributed by atoms with Crippen LogP contribution in [-0.4, -0.2) is 24.4 Å². The van der Waals surface area contributed by atoms with E-state index in [2.05, 4.69) is 12.2 Å². The number of imide groups is 1. The molecule has 5 aliphatic rings. The number of ether oxygens (including phenoxy) is 1. The largest absolute Gasteiger partial charge is 0.462 e. The lowest BCUT2D eigenvalue weighted by atomic mass is 9.63. The van der Waals surface area contributed by atoms with Gasteiger partial charge in [0.1, 0.15) is 0 Å². The average Bonchev–Trinajstić information content (AvgIpc) is 3.39. The molecule has 0 spiro atoms. The minimum absolute atomic E-state index is 0.110. The summed E-state index contributed by atoms with van der Waals surface area (Å²) in [6.07, 6.45) is 5.46. The topological polar surface area (TPSA) is 63.7 Å². The highest BCUT2D eigenvalue weighted by Gasteiger charge is 2.67. The lowest BCUT2D eigenvalue weighted by molar-refractivity contribution is -0.124. The van der Waals surface area contributed by atoms with E-state index in [1.165, 1.54) is 4.90 Å². The molecule has 5 nitrogen and oxygen atoms in total. The molecule has 1 aromatic carbocycles. The summed E-state index contributed by atoms with van der Waals surface area (Å²) < 4.78 is 5.02. The second-order valence-electron chi connectivity index (χ2n) is 7.44. The van der Waals surface area contributed by atoms with Crippen LogP contribution in [0.3, 0.4) is 0 Å². The van der Waals surface area contributed by atoms with E-state index in [4.69, 9.17) is 4.74 Å². The van der Waals surface area contributed by atoms with Gasteiger partial charge in [0, 0.05) is 0 Å². The van der Waals surface area contributed by atoms with Gasteiger partial charge in [0.05, 0.1) is 29.7 Å². The third-order valence-corrected chi connectivity index (χ3v) is 6.28. The Balaban J connectivity index is 1.50. The van der Waals surface area contributed by atoms with Gasteiger partial charge in [-0.25, -0.2) is 9.69 Å². The van der Waals surface area contributed by atoms with Crippen molar-refractivity contribution in [2.45, 2.75) is 13.3 Å². The van der Waals surface area contributed by atoms with Crippen LogP contribution in [0.25, 0.3) is 0 Å². The standard InChI is InChI=1S/C20H19NO4/c1-2-25-20(24)10-4-3-5-11(8-10)21-18(22)16-12-6-7-13(15-9-14(12)15)17(16)19(21)23/h3-8,12-17H,2,9H2,1H3/t12-,13-,14+,15+,16-,17-/m1/s1. The van der Waals surface area contributed by atoms with E-state index in [0.29, 0.717) is 23.1 Å². The number of hydrogen-bond donors (Lipinski definition) is 0. The minimum atomic E-state index is -0.441. The summed E-state index contributed by atoms with van der Waals surface area (Å²) in [5, 5.41) is 0. The van der Waals surface area contributed by atoms with Gasteiger partial charge in [-0.05, 0) is 55.2 Å². The zero-order valence-corrected chi connectivity index (χ0v) is 13.9. The van der Waals surface area contributed by atoms with Crippen LogP contribution in [0.1, 0.15) is 23.7 Å². The van der Waals surface area contributed by atoms with Crippen LogP contribution in [0.15, 0.2) is 36.4 Å². The Kier molecular flexibility index (Phi) is 3.00. The Morgan fingerprint density at radius 2 is 1.76 bits per heavy atom. The van der Waals surface area contributed by atoms with Crippen LogP contribution >= 0.6 is 0 Å². The van der Waals surface area contributed by atoms with Crippen molar-refractivity contribution in [2.75, 3.05) is 11.5 Å². The van der Waals surface area contributed by atoms with Gasteiger partial charge in [-0.15, -0.1) is 0 Å². The SMILES string of the molecule is CCOC(=O)c1cccc(N2C(=O)[C@@H]3[C@@H]4C=C[C@H]([C@@H]5C[C@@H]45)[C@H]3C2=O)c1. The number of esters is 1. The van der Waals surface area contributed by atoms with Gasteiger partial charge in [-0.2, -0.15) is 0 Å². The molecule has 1 aliphatic heterocycles. The summed E-state index contributed by atoms with van der Waals surface area (Å²) in [5.74, 6) is 0.460. The smallest absolute Gasteiger partial charge is 0.338 e. The number of carbonyl (C=O) groups excluding carboxylic acids is 3. The molecular formula is C20H19NO4. The first-order chi connectivity index (χ1) is 12.1. The zero-order chi connectivity index (χ0) is 17.3. The van der Waals surface area contributed by atoms with Crippen LogP contribution in [0.4, 0.5) is 5.69 Å². The highest BCUT2D eigenvalue weighted by Crippen LogP contribution is 2.65. The van der Waals surface area contributed by atoms with Crippen LogP contribution in [-0.2, 0) is 14.3 Å². The van der Waals surface area contributed by atoms with Crippen molar-refractivity contribution in [1.82, 2.24) is 0 Å². The van der Waals surface area contributed by atoms with Gasteiger partial charge in [-0.3, -0.25) is 9.59 Å². The third-order valence-electron chi connectivity index (χ3n) is 6.28. The van der Waals surface area contributed by atoms with Crippen molar-refractivity contribution in [3.63, 3.8) is 0 Å². The maximum atomic E-state index is 13.1. The van der Waals surface area contributed by atoms with Gasteiger partial charge in [0.15, 0.2) is 0 Å². The molecule has 2 saturated carbocycles. The van der Waals surface area contributed by atoms with Crippen molar-refractivity contribution in [1.29, 1.82) is 0 Å². The quantitative estimate of drug-likeness (QED) is 0.483. The lowest BCUT2D eigenvalue weighted by Crippen LogP contribution is -2.40. The molecule has 0 aromatic heterocycles. The van der Waals surface area contributed by atoms with Gasteiger partial charge >= 0.3 is 5.97 Å². The molecule has 128 valence electrons. The predicted octanol–water partition coefficient (Wildman–Crippen LogP) is 2.42. The Morgan fingerprint density at radius 3 is 2.36 bits per heavy atom. The minimum Gasteiger partial charge on any atom is -0.462 e. The first-order valence-electron chi connectivity index (χ1n) is 8.95. The second kappa shape index (κ2) is 5.04. The molecule has 1 heterocycles. The Labute approximate surface area is 145 Å². The summed E-state index contributed by atoms with van der Waals surface area (Å²) in [4.78, 5) is 39.4. The summed E-state index contributed by atoms with van der Waals surface area (Å²) in [6.45, 7) is 2.03. The van der Waals surface area contributed by atoms with Crippen molar-refractivity contribution >= 4 is 23.5 Å². The Hall–Kier alpha value is -2.43. The maximum Gasteiger partial charge on any atom is 0.338 e. The molecule has 4 aliphatic carbocycles. The van der Waals surface area contributed by atoms with E-state index in [1.54, 1.807) is 31.2 Å². The number of carbonyl (C=O) groups is 3. The highest BCUT2D eigenvalue weighted by atomic mass is 16.5. The average molecular weight is 337 g/mol. The molecular weight excluding hydrogens is 318 g/mol. The molecule has 2 amide bonds. The first-order valence-corrected chi connectivity index (χ1v) is 8.95. The van der Waals surface area contributed by atoms with Crippen molar-refractivity contribution in [2.24, 2.45) is 35.5 Å². The van der Waals surface area contributed by atoms with Crippen molar-refractivity contribution in [3.8, 4) is 0 Å². The summed E-state index contributed by atoms with van der Waals surface area (Å²) in [7, 11) is 0. The summed E-state index contributed by atoms with van der Waals surface area (Å²) >= 11 is 0. The normalized spacial score (nSPS) is 37.1. The van der Waals surface area contributed by atoms with Gasteiger partial charge in [0.25, 0.3) is 0 Å².